The number of phenolic OH excluding ortho intramolecular Hbond substituents is 1. The van der Waals surface area contributed by atoms with E-state index in [-0.39, 0.29) is 5.41 Å². The van der Waals surface area contributed by atoms with Crippen molar-refractivity contribution in [2.75, 3.05) is 0 Å². The van der Waals surface area contributed by atoms with Gasteiger partial charge in [-0.25, -0.2) is 0 Å². The Morgan fingerprint density at radius 3 is 2.11 bits per heavy atom. The van der Waals surface area contributed by atoms with E-state index in [1.165, 1.54) is 5.56 Å². The van der Waals surface area contributed by atoms with Gasteiger partial charge in [-0.05, 0) is 36.2 Å². The molecule has 0 aliphatic carbocycles. The molecule has 1 heteroatoms. The van der Waals surface area contributed by atoms with Gasteiger partial charge in [0.15, 0.2) is 0 Å². The SMILES string of the molecule is Cc1cc(CC(C)C)c(O)c(C(C)(C)C(C)C)c1. The zero-order chi connectivity index (χ0) is 14.1. The first kappa shape index (κ1) is 15.1. The molecule has 1 nitrogen and oxygen atoms in total. The van der Waals surface area contributed by atoms with Gasteiger partial charge < -0.3 is 5.11 Å². The molecule has 0 saturated carbocycles. The normalized spacial score (nSPS) is 12.5. The third kappa shape index (κ3) is 3.07. The van der Waals surface area contributed by atoms with Crippen molar-refractivity contribution >= 4 is 0 Å². The van der Waals surface area contributed by atoms with E-state index in [9.17, 15) is 5.11 Å². The predicted octanol–water partition coefficient (Wildman–Crippen LogP) is 4.83. The Bertz CT molecular complexity index is 414. The first-order valence-electron chi connectivity index (χ1n) is 6.99. The van der Waals surface area contributed by atoms with Crippen molar-refractivity contribution in [1.29, 1.82) is 0 Å². The fourth-order valence-corrected chi connectivity index (χ4v) is 2.25. The highest BCUT2D eigenvalue weighted by Gasteiger charge is 2.28. The Balaban J connectivity index is 3.33. The molecule has 102 valence electrons. The lowest BCUT2D eigenvalue weighted by atomic mass is 9.73. The summed E-state index contributed by atoms with van der Waals surface area (Å²) < 4.78 is 0. The smallest absolute Gasteiger partial charge is 0.122 e. The van der Waals surface area contributed by atoms with Crippen LogP contribution in [0, 0.1) is 18.8 Å². The van der Waals surface area contributed by atoms with Crippen LogP contribution < -0.4 is 0 Å². The van der Waals surface area contributed by atoms with Crippen molar-refractivity contribution in [3.8, 4) is 5.75 Å². The quantitative estimate of drug-likeness (QED) is 0.809. The Morgan fingerprint density at radius 2 is 1.67 bits per heavy atom. The zero-order valence-corrected chi connectivity index (χ0v) is 13.0. The molecule has 0 saturated heterocycles. The molecule has 0 amide bonds. The summed E-state index contributed by atoms with van der Waals surface area (Å²) in [6.45, 7) is 15.3. The zero-order valence-electron chi connectivity index (χ0n) is 13.0. The van der Waals surface area contributed by atoms with Crippen molar-refractivity contribution in [3.05, 3.63) is 28.8 Å². The second-order valence-electron chi connectivity index (χ2n) is 6.79. The molecule has 0 spiro atoms. The van der Waals surface area contributed by atoms with Gasteiger partial charge in [0.25, 0.3) is 0 Å². The molecule has 0 heterocycles. The molecule has 0 radical (unpaired) electrons. The first-order chi connectivity index (χ1) is 8.16. The molecule has 1 aromatic carbocycles. The largest absolute Gasteiger partial charge is 0.507 e. The minimum absolute atomic E-state index is 0.00182. The number of rotatable bonds is 4. The molecule has 0 fully saturated rings. The maximum absolute atomic E-state index is 10.5. The summed E-state index contributed by atoms with van der Waals surface area (Å²) in [7, 11) is 0. The number of aryl methyl sites for hydroxylation is 1. The average molecular weight is 248 g/mol. The molecule has 0 bridgehead atoms. The summed E-state index contributed by atoms with van der Waals surface area (Å²) >= 11 is 0. The molecule has 1 N–H and O–H groups in total. The Labute approximate surface area is 112 Å². The molecule has 18 heavy (non-hydrogen) atoms. The van der Waals surface area contributed by atoms with E-state index in [4.69, 9.17) is 0 Å². The second kappa shape index (κ2) is 5.34. The van der Waals surface area contributed by atoms with Gasteiger partial charge in [-0.3, -0.25) is 0 Å². The van der Waals surface area contributed by atoms with Crippen molar-refractivity contribution < 1.29 is 5.11 Å². The summed E-state index contributed by atoms with van der Waals surface area (Å²) in [6.07, 6.45) is 0.939. The lowest BCUT2D eigenvalue weighted by Crippen LogP contribution is -2.25. The van der Waals surface area contributed by atoms with Crippen LogP contribution in [0.5, 0.6) is 5.75 Å². The topological polar surface area (TPSA) is 20.2 Å². The number of phenols is 1. The van der Waals surface area contributed by atoms with E-state index in [1.807, 2.05) is 0 Å². The Hall–Kier alpha value is -0.980. The van der Waals surface area contributed by atoms with Gasteiger partial charge in [-0.2, -0.15) is 0 Å². The van der Waals surface area contributed by atoms with Gasteiger partial charge in [0.05, 0.1) is 0 Å². The minimum Gasteiger partial charge on any atom is -0.507 e. The monoisotopic (exact) mass is 248 g/mol. The molecule has 0 atom stereocenters. The van der Waals surface area contributed by atoms with Crippen LogP contribution in [-0.4, -0.2) is 5.11 Å². The van der Waals surface area contributed by atoms with Crippen LogP contribution >= 0.6 is 0 Å². The van der Waals surface area contributed by atoms with Gasteiger partial charge in [-0.1, -0.05) is 59.2 Å². The lowest BCUT2D eigenvalue weighted by molar-refractivity contribution is 0.349. The van der Waals surface area contributed by atoms with Crippen molar-refractivity contribution in [3.63, 3.8) is 0 Å². The summed E-state index contributed by atoms with van der Waals surface area (Å²) in [5, 5.41) is 10.5. The van der Waals surface area contributed by atoms with Gasteiger partial charge in [0, 0.05) is 5.56 Å². The fourth-order valence-electron chi connectivity index (χ4n) is 2.25. The van der Waals surface area contributed by atoms with E-state index in [0.717, 1.165) is 17.5 Å². The molecule has 0 unspecified atom stereocenters. The number of aromatic hydroxyl groups is 1. The van der Waals surface area contributed by atoms with Crippen LogP contribution in [0.25, 0.3) is 0 Å². The van der Waals surface area contributed by atoms with Crippen molar-refractivity contribution in [2.45, 2.75) is 60.3 Å². The van der Waals surface area contributed by atoms with Crippen LogP contribution in [0.4, 0.5) is 0 Å². The van der Waals surface area contributed by atoms with E-state index >= 15 is 0 Å². The maximum Gasteiger partial charge on any atom is 0.122 e. The van der Waals surface area contributed by atoms with Gasteiger partial charge in [-0.15, -0.1) is 0 Å². The highest BCUT2D eigenvalue weighted by Crippen LogP contribution is 2.39. The number of hydrogen-bond donors (Lipinski definition) is 1. The summed E-state index contributed by atoms with van der Waals surface area (Å²) in [5.41, 5.74) is 3.43. The summed E-state index contributed by atoms with van der Waals surface area (Å²) in [4.78, 5) is 0. The van der Waals surface area contributed by atoms with Gasteiger partial charge in [0.1, 0.15) is 5.75 Å². The summed E-state index contributed by atoms with van der Waals surface area (Å²) in [5.74, 6) is 1.57. The number of benzene rings is 1. The maximum atomic E-state index is 10.5. The average Bonchev–Trinajstić information content (AvgIpc) is 2.21. The molecule has 0 aromatic heterocycles. The van der Waals surface area contributed by atoms with Gasteiger partial charge in [0.2, 0.25) is 0 Å². The predicted molar refractivity (Wildman–Crippen MR) is 79.2 cm³/mol. The Morgan fingerprint density at radius 1 is 1.11 bits per heavy atom. The molecular weight excluding hydrogens is 220 g/mol. The summed E-state index contributed by atoms with van der Waals surface area (Å²) in [6, 6.07) is 4.26. The van der Waals surface area contributed by atoms with Gasteiger partial charge >= 0.3 is 0 Å². The van der Waals surface area contributed by atoms with Crippen LogP contribution in [0.3, 0.4) is 0 Å². The van der Waals surface area contributed by atoms with E-state index < -0.39 is 0 Å². The Kier molecular flexibility index (Phi) is 4.47. The van der Waals surface area contributed by atoms with E-state index in [1.54, 1.807) is 0 Å². The molecule has 0 aliphatic rings. The second-order valence-corrected chi connectivity index (χ2v) is 6.79. The highest BCUT2D eigenvalue weighted by molar-refractivity contribution is 5.47. The van der Waals surface area contributed by atoms with Crippen LogP contribution in [0.2, 0.25) is 0 Å². The third-order valence-electron chi connectivity index (χ3n) is 4.10. The first-order valence-corrected chi connectivity index (χ1v) is 6.99. The number of hydrogen-bond acceptors (Lipinski definition) is 1. The van der Waals surface area contributed by atoms with E-state index in [0.29, 0.717) is 17.6 Å². The molecular formula is C17H28O. The molecule has 0 aliphatic heterocycles. The van der Waals surface area contributed by atoms with Crippen LogP contribution in [0.1, 0.15) is 58.2 Å². The fraction of sp³-hybridized carbons (Fsp3) is 0.647. The van der Waals surface area contributed by atoms with Crippen molar-refractivity contribution in [1.82, 2.24) is 0 Å². The minimum atomic E-state index is 0.00182. The molecule has 1 aromatic rings. The van der Waals surface area contributed by atoms with Crippen LogP contribution in [-0.2, 0) is 11.8 Å². The standard InChI is InChI=1S/C17H28O/c1-11(2)8-14-9-13(5)10-15(16(14)18)17(6,7)12(3)4/h9-12,18H,8H2,1-7H3. The highest BCUT2D eigenvalue weighted by atomic mass is 16.3. The van der Waals surface area contributed by atoms with Crippen LogP contribution in [0.15, 0.2) is 12.1 Å². The molecule has 1 rings (SSSR count). The van der Waals surface area contributed by atoms with E-state index in [2.05, 4.69) is 60.6 Å². The lowest BCUT2D eigenvalue weighted by Gasteiger charge is -2.31. The third-order valence-corrected chi connectivity index (χ3v) is 4.10. The van der Waals surface area contributed by atoms with Crippen molar-refractivity contribution in [2.24, 2.45) is 11.8 Å².